The van der Waals surface area contributed by atoms with E-state index >= 15 is 0 Å². The smallest absolute Gasteiger partial charge is 0.208 e. The predicted molar refractivity (Wildman–Crippen MR) is 98.9 cm³/mol. The van der Waals surface area contributed by atoms with Crippen molar-refractivity contribution in [1.82, 2.24) is 4.72 Å². The van der Waals surface area contributed by atoms with Crippen molar-refractivity contribution in [2.24, 2.45) is 5.92 Å². The lowest BCUT2D eigenvalue weighted by molar-refractivity contribution is 0.465. The van der Waals surface area contributed by atoms with Crippen molar-refractivity contribution >= 4 is 27.4 Å². The molecule has 0 bridgehead atoms. The Hall–Kier alpha value is -1.43. The van der Waals surface area contributed by atoms with Crippen molar-refractivity contribution in [3.63, 3.8) is 0 Å². The Balaban J connectivity index is 2.22. The molecule has 124 valence electrons. The highest BCUT2D eigenvalue weighted by molar-refractivity contribution is 7.92. The number of rotatable bonds is 6. The first-order valence-corrected chi connectivity index (χ1v) is 9.97. The Morgan fingerprint density at radius 3 is 2.30 bits per heavy atom. The molecular weight excluding hydrogens is 326 g/mol. The lowest BCUT2D eigenvalue weighted by Gasteiger charge is -2.21. The van der Waals surface area contributed by atoms with Crippen LogP contribution in [0.25, 0.3) is 6.08 Å². The average molecular weight is 350 g/mol. The molecule has 1 atom stereocenters. The summed E-state index contributed by atoms with van der Waals surface area (Å²) in [7, 11) is -3.51. The van der Waals surface area contributed by atoms with E-state index in [4.69, 9.17) is 0 Å². The molecule has 0 saturated heterocycles. The van der Waals surface area contributed by atoms with Crippen LogP contribution in [0.2, 0.25) is 0 Å². The van der Waals surface area contributed by atoms with Gasteiger partial charge in [0.05, 0.1) is 6.04 Å². The van der Waals surface area contributed by atoms with E-state index in [0.717, 1.165) is 16.0 Å². The summed E-state index contributed by atoms with van der Waals surface area (Å²) >= 11 is 1.70. The van der Waals surface area contributed by atoms with Crippen LogP contribution < -0.4 is 4.72 Å². The van der Waals surface area contributed by atoms with Crippen LogP contribution in [0.15, 0.2) is 41.8 Å². The zero-order valence-electron chi connectivity index (χ0n) is 13.9. The fraction of sp³-hybridized carbons (Fsp3) is 0.333. The summed E-state index contributed by atoms with van der Waals surface area (Å²) in [5.41, 5.74) is 1.93. The largest absolute Gasteiger partial charge is 0.234 e. The predicted octanol–water partition coefficient (Wildman–Crippen LogP) is 4.65. The first kappa shape index (κ1) is 17.9. The van der Waals surface area contributed by atoms with Crippen molar-refractivity contribution in [3.8, 4) is 0 Å². The molecule has 23 heavy (non-hydrogen) atoms. The summed E-state index contributed by atoms with van der Waals surface area (Å²) in [6.07, 6.45) is 1.62. The van der Waals surface area contributed by atoms with Crippen LogP contribution in [0.3, 0.4) is 0 Å². The normalized spacial score (nSPS) is 13.8. The van der Waals surface area contributed by atoms with Crippen LogP contribution in [-0.4, -0.2) is 8.42 Å². The summed E-state index contributed by atoms with van der Waals surface area (Å²) in [5.74, 6) is 0.169. The summed E-state index contributed by atoms with van der Waals surface area (Å²) in [6, 6.07) is 11.3. The van der Waals surface area contributed by atoms with Gasteiger partial charge in [-0.25, -0.2) is 13.1 Å². The van der Waals surface area contributed by atoms with Crippen molar-refractivity contribution in [3.05, 3.63) is 62.7 Å². The van der Waals surface area contributed by atoms with Gasteiger partial charge in [-0.05, 0) is 43.0 Å². The Morgan fingerprint density at radius 2 is 1.78 bits per heavy atom. The van der Waals surface area contributed by atoms with Crippen LogP contribution in [0, 0.1) is 19.8 Å². The first-order valence-electron chi connectivity index (χ1n) is 7.61. The summed E-state index contributed by atoms with van der Waals surface area (Å²) < 4.78 is 27.7. The van der Waals surface area contributed by atoms with Gasteiger partial charge in [-0.1, -0.05) is 44.2 Å². The third-order valence-corrected chi connectivity index (χ3v) is 5.67. The van der Waals surface area contributed by atoms with E-state index in [9.17, 15) is 8.42 Å². The third-order valence-electron chi connectivity index (χ3n) is 3.61. The topological polar surface area (TPSA) is 46.2 Å². The minimum Gasteiger partial charge on any atom is -0.208 e. The summed E-state index contributed by atoms with van der Waals surface area (Å²) in [6.45, 7) is 8.14. The first-order chi connectivity index (χ1) is 10.8. The van der Waals surface area contributed by atoms with Gasteiger partial charge in [0.1, 0.15) is 0 Å². The van der Waals surface area contributed by atoms with E-state index in [0.29, 0.717) is 0 Å². The third kappa shape index (κ3) is 5.03. The molecule has 0 aliphatic carbocycles. The van der Waals surface area contributed by atoms with E-state index < -0.39 is 10.0 Å². The van der Waals surface area contributed by atoms with Crippen molar-refractivity contribution in [2.75, 3.05) is 0 Å². The Morgan fingerprint density at radius 1 is 1.13 bits per heavy atom. The molecule has 0 aliphatic rings. The van der Waals surface area contributed by atoms with Crippen LogP contribution in [0.1, 0.15) is 40.8 Å². The Bertz CT molecular complexity index is 775. The molecule has 0 aliphatic heterocycles. The lowest BCUT2D eigenvalue weighted by atomic mass is 9.97. The molecule has 1 aromatic carbocycles. The number of sulfonamides is 1. The van der Waals surface area contributed by atoms with Gasteiger partial charge < -0.3 is 0 Å². The van der Waals surface area contributed by atoms with Gasteiger partial charge in [0, 0.05) is 15.2 Å². The van der Waals surface area contributed by atoms with E-state index in [1.54, 1.807) is 17.4 Å². The number of aryl methyl sites for hydroxylation is 2. The van der Waals surface area contributed by atoms with Gasteiger partial charge >= 0.3 is 0 Å². The Kier molecular flexibility index (Phi) is 5.79. The highest BCUT2D eigenvalue weighted by atomic mass is 32.2. The van der Waals surface area contributed by atoms with Crippen LogP contribution in [-0.2, 0) is 10.0 Å². The standard InChI is InChI=1S/C18H23NO2S2/c1-13(2)18(17-12-14(3)22-15(17)4)19-23(20,21)11-10-16-8-6-5-7-9-16/h5-13,18-19H,1-4H3/b11-10+. The molecule has 2 aromatic rings. The maximum absolute atomic E-state index is 12.4. The van der Waals surface area contributed by atoms with Gasteiger partial charge in [0.25, 0.3) is 0 Å². The van der Waals surface area contributed by atoms with Gasteiger partial charge in [-0.3, -0.25) is 0 Å². The fourth-order valence-electron chi connectivity index (χ4n) is 2.47. The van der Waals surface area contributed by atoms with Gasteiger partial charge in [0.15, 0.2) is 0 Å². The molecule has 0 saturated carbocycles. The van der Waals surface area contributed by atoms with E-state index in [1.165, 1.54) is 10.3 Å². The Labute approximate surface area is 143 Å². The number of thiophene rings is 1. The number of benzene rings is 1. The zero-order chi connectivity index (χ0) is 17.0. The second kappa shape index (κ2) is 7.43. The highest BCUT2D eigenvalue weighted by Crippen LogP contribution is 2.31. The van der Waals surface area contributed by atoms with E-state index in [-0.39, 0.29) is 12.0 Å². The van der Waals surface area contributed by atoms with Crippen LogP contribution >= 0.6 is 11.3 Å². The molecule has 1 N–H and O–H groups in total. The molecule has 0 amide bonds. The zero-order valence-corrected chi connectivity index (χ0v) is 15.5. The van der Waals surface area contributed by atoms with Gasteiger partial charge in [-0.15, -0.1) is 11.3 Å². The highest BCUT2D eigenvalue weighted by Gasteiger charge is 2.23. The summed E-state index contributed by atoms with van der Waals surface area (Å²) in [4.78, 5) is 2.36. The lowest BCUT2D eigenvalue weighted by Crippen LogP contribution is -2.30. The maximum atomic E-state index is 12.4. The quantitative estimate of drug-likeness (QED) is 0.825. The molecule has 3 nitrogen and oxygen atoms in total. The van der Waals surface area contributed by atoms with Gasteiger partial charge in [-0.2, -0.15) is 0 Å². The minimum absolute atomic E-state index is 0.169. The number of hydrogen-bond donors (Lipinski definition) is 1. The average Bonchev–Trinajstić information content (AvgIpc) is 2.82. The molecule has 1 unspecified atom stereocenters. The van der Waals surface area contributed by atoms with E-state index in [2.05, 4.69) is 10.8 Å². The van der Waals surface area contributed by atoms with E-state index in [1.807, 2.05) is 58.0 Å². The minimum atomic E-state index is -3.51. The SMILES string of the molecule is Cc1cc(C(NS(=O)(=O)/C=C/c2ccccc2)C(C)C)c(C)s1. The molecule has 0 fully saturated rings. The molecule has 5 heteroatoms. The molecule has 1 aromatic heterocycles. The van der Waals surface area contributed by atoms with Crippen LogP contribution in [0.4, 0.5) is 0 Å². The molecule has 0 radical (unpaired) electrons. The monoisotopic (exact) mass is 349 g/mol. The number of nitrogens with one attached hydrogen (secondary N) is 1. The van der Waals surface area contributed by atoms with Gasteiger partial charge in [0.2, 0.25) is 10.0 Å². The van der Waals surface area contributed by atoms with Crippen molar-refractivity contribution < 1.29 is 8.42 Å². The maximum Gasteiger partial charge on any atom is 0.234 e. The summed E-state index contributed by atoms with van der Waals surface area (Å²) in [5, 5.41) is 1.24. The molecule has 1 heterocycles. The molecule has 0 spiro atoms. The second-order valence-corrected chi connectivity index (χ2v) is 9.02. The second-order valence-electron chi connectivity index (χ2n) is 5.97. The van der Waals surface area contributed by atoms with Crippen LogP contribution in [0.5, 0.6) is 0 Å². The van der Waals surface area contributed by atoms with Crippen molar-refractivity contribution in [1.29, 1.82) is 0 Å². The van der Waals surface area contributed by atoms with Crippen molar-refractivity contribution in [2.45, 2.75) is 33.7 Å². The molecule has 2 rings (SSSR count). The number of hydrogen-bond acceptors (Lipinski definition) is 3. The molecular formula is C18H23NO2S2. The fourth-order valence-corrected chi connectivity index (χ4v) is 4.61.